The number of rotatable bonds is 14. The Labute approximate surface area is 368 Å². The third kappa shape index (κ3) is 16.4. The summed E-state index contributed by atoms with van der Waals surface area (Å²) < 4.78 is 5.61. The molecule has 1 aliphatic rings. The van der Waals surface area contributed by atoms with Crippen LogP contribution in [0.5, 0.6) is 0 Å². The number of aliphatic hydroxyl groups excluding tert-OH is 2. The van der Waals surface area contributed by atoms with Crippen molar-refractivity contribution in [3.05, 3.63) is 71.8 Å². The first-order valence-electron chi connectivity index (χ1n) is 21.4. The molecule has 0 unspecified atom stereocenters. The molecule has 18 nitrogen and oxygen atoms in total. The molecule has 1 aliphatic heterocycles. The number of esters is 1. The zero-order valence-corrected chi connectivity index (χ0v) is 37.3. The number of benzene rings is 2. The molecular weight excluding hydrogens is 815 g/mol. The van der Waals surface area contributed by atoms with E-state index in [1.807, 2.05) is 0 Å². The maximum absolute atomic E-state index is 14.4. The molecule has 3 rings (SSSR count). The average Bonchev–Trinajstić information content (AvgIpc) is 3.22. The van der Waals surface area contributed by atoms with E-state index in [0.717, 1.165) is 0 Å². The van der Waals surface area contributed by atoms with Crippen LogP contribution in [-0.2, 0) is 55.9 Å². The number of amides is 7. The Morgan fingerprint density at radius 3 is 1.62 bits per heavy atom. The predicted octanol–water partition coefficient (Wildman–Crippen LogP) is -0.0680. The van der Waals surface area contributed by atoms with Crippen molar-refractivity contribution < 1.29 is 53.3 Å². The molecule has 7 amide bonds. The number of carbonyl (C=O) groups excluding carboxylic acids is 8. The summed E-state index contributed by atoms with van der Waals surface area (Å²) >= 11 is 0. The number of aliphatic hydroxyl groups is 2. The molecule has 0 radical (unpaired) electrons. The van der Waals surface area contributed by atoms with Gasteiger partial charge in [0.05, 0.1) is 12.7 Å². The summed E-state index contributed by atoms with van der Waals surface area (Å²) in [5.74, 6) is -7.89. The SMILES string of the molecule is CC(C)C[C@H]1NC(=O)[C@@H](Cc2ccccc2)NC(=O)[C@@H](CC(C)C)NC(=O)[C@H](NC(=O)[C@@H](Cc2ccccc2)NC(=O)C(C)C)[C@H](C)OC(=O)[C@H](CO)NC(=O)[C@@H]([C@H](C)O)NC1=O. The van der Waals surface area contributed by atoms with E-state index in [1.54, 1.807) is 102 Å². The highest BCUT2D eigenvalue weighted by atomic mass is 16.5. The highest BCUT2D eigenvalue weighted by Crippen LogP contribution is 2.14. The van der Waals surface area contributed by atoms with Gasteiger partial charge >= 0.3 is 5.97 Å². The molecule has 2 aromatic rings. The van der Waals surface area contributed by atoms with Crippen LogP contribution in [0.4, 0.5) is 0 Å². The Kier molecular flexibility index (Phi) is 20.2. The van der Waals surface area contributed by atoms with Crippen LogP contribution in [0.15, 0.2) is 60.7 Å². The summed E-state index contributed by atoms with van der Waals surface area (Å²) in [6.45, 7) is 11.9. The van der Waals surface area contributed by atoms with Crippen molar-refractivity contribution in [3.8, 4) is 0 Å². The van der Waals surface area contributed by atoms with Gasteiger partial charge in [-0.25, -0.2) is 4.79 Å². The third-order valence-corrected chi connectivity index (χ3v) is 10.2. The van der Waals surface area contributed by atoms with Gasteiger partial charge in [0.25, 0.3) is 0 Å². The van der Waals surface area contributed by atoms with Gasteiger partial charge in [0.1, 0.15) is 42.4 Å². The minimum absolute atomic E-state index is 0.00845. The highest BCUT2D eigenvalue weighted by molar-refractivity contribution is 5.98. The Balaban J connectivity index is 2.16. The summed E-state index contributed by atoms with van der Waals surface area (Å²) in [7, 11) is 0. The lowest BCUT2D eigenvalue weighted by atomic mass is 9.99. The maximum Gasteiger partial charge on any atom is 0.331 e. The number of cyclic esters (lactones) is 1. The van der Waals surface area contributed by atoms with Crippen molar-refractivity contribution in [1.29, 1.82) is 0 Å². The van der Waals surface area contributed by atoms with E-state index >= 15 is 0 Å². The van der Waals surface area contributed by atoms with E-state index in [-0.39, 0.29) is 37.5 Å². The van der Waals surface area contributed by atoms with Crippen molar-refractivity contribution >= 4 is 47.3 Å². The van der Waals surface area contributed by atoms with Crippen LogP contribution in [0.1, 0.15) is 79.4 Å². The highest BCUT2D eigenvalue weighted by Gasteiger charge is 2.39. The lowest BCUT2D eigenvalue weighted by molar-refractivity contribution is -0.157. The largest absolute Gasteiger partial charge is 0.458 e. The fraction of sp³-hybridized carbons (Fsp3) is 0.556. The fourth-order valence-electron chi connectivity index (χ4n) is 6.75. The number of nitrogens with one attached hydrogen (secondary N) is 7. The monoisotopic (exact) mass is 879 g/mol. The molecule has 0 aliphatic carbocycles. The first-order valence-corrected chi connectivity index (χ1v) is 21.4. The molecule has 1 saturated heterocycles. The van der Waals surface area contributed by atoms with E-state index in [4.69, 9.17) is 4.74 Å². The van der Waals surface area contributed by atoms with Crippen molar-refractivity contribution in [2.24, 2.45) is 17.8 Å². The van der Waals surface area contributed by atoms with Crippen LogP contribution in [0.25, 0.3) is 0 Å². The van der Waals surface area contributed by atoms with Crippen LogP contribution in [0.2, 0.25) is 0 Å². The van der Waals surface area contributed by atoms with Crippen molar-refractivity contribution in [2.45, 2.75) is 136 Å². The average molecular weight is 880 g/mol. The van der Waals surface area contributed by atoms with Gasteiger partial charge in [-0.15, -0.1) is 0 Å². The topological polar surface area (TPSA) is 270 Å². The maximum atomic E-state index is 14.4. The van der Waals surface area contributed by atoms with Crippen LogP contribution in [0.3, 0.4) is 0 Å². The smallest absolute Gasteiger partial charge is 0.331 e. The molecule has 9 N–H and O–H groups in total. The van der Waals surface area contributed by atoms with Gasteiger partial charge in [-0.3, -0.25) is 33.6 Å². The quantitative estimate of drug-likeness (QED) is 0.113. The minimum Gasteiger partial charge on any atom is -0.458 e. The van der Waals surface area contributed by atoms with E-state index in [2.05, 4.69) is 37.2 Å². The van der Waals surface area contributed by atoms with Crippen molar-refractivity contribution in [2.75, 3.05) is 6.61 Å². The second-order valence-corrected chi connectivity index (χ2v) is 17.1. The molecular formula is C45H65N7O11. The standard InChI is InChI=1S/C45H65N7O11/c1-24(2)19-31-39(56)48-33(21-29-15-11-9-12-16-29)40(57)47-32(20-25(3)4)41(58)51-36(27(7)54)43(60)50-35(23-53)45(62)63-28(8)37(44(61)49-31)52-42(59)34(46-38(55)26(5)6)22-30-17-13-10-14-18-30/h9-18,24-28,31-37,53-54H,19-23H2,1-8H3,(H,46,55)(H,47,57)(H,48,56)(H,49,61)(H,50,60)(H,51,58)(H,52,59)/t27-,28-,31+,32+,33+,34+,35-,36+,37+/m0/s1. The summed E-state index contributed by atoms with van der Waals surface area (Å²) in [5.41, 5.74) is 1.33. The summed E-state index contributed by atoms with van der Waals surface area (Å²) in [4.78, 5) is 111. The van der Waals surface area contributed by atoms with Gasteiger partial charge in [-0.1, -0.05) is 102 Å². The Bertz CT molecular complexity index is 1880. The number of hydrogen-bond donors (Lipinski definition) is 9. The van der Waals surface area contributed by atoms with Crippen LogP contribution in [0, 0.1) is 17.8 Å². The molecule has 346 valence electrons. The first-order chi connectivity index (χ1) is 29.7. The van der Waals surface area contributed by atoms with E-state index in [0.29, 0.717) is 11.1 Å². The normalized spacial score (nSPS) is 24.3. The van der Waals surface area contributed by atoms with Gasteiger partial charge in [0.2, 0.25) is 41.4 Å². The zero-order chi connectivity index (χ0) is 47.0. The van der Waals surface area contributed by atoms with Gasteiger partial charge in [0, 0.05) is 18.8 Å². The van der Waals surface area contributed by atoms with Gasteiger partial charge in [0.15, 0.2) is 6.04 Å². The molecule has 0 spiro atoms. The van der Waals surface area contributed by atoms with E-state index in [9.17, 15) is 48.6 Å². The summed E-state index contributed by atoms with van der Waals surface area (Å²) in [6.07, 6.45) is -2.99. The Morgan fingerprint density at radius 1 is 0.635 bits per heavy atom. The van der Waals surface area contributed by atoms with Crippen molar-refractivity contribution in [1.82, 2.24) is 37.2 Å². The molecule has 2 aromatic carbocycles. The fourth-order valence-corrected chi connectivity index (χ4v) is 6.75. The molecule has 1 heterocycles. The second-order valence-electron chi connectivity index (χ2n) is 17.1. The third-order valence-electron chi connectivity index (χ3n) is 10.2. The number of carbonyl (C=O) groups is 8. The predicted molar refractivity (Wildman–Crippen MR) is 232 cm³/mol. The number of ether oxygens (including phenoxy) is 1. The molecule has 0 bridgehead atoms. The lowest BCUT2D eigenvalue weighted by Crippen LogP contribution is -2.62. The number of hydrogen-bond acceptors (Lipinski definition) is 11. The molecule has 0 saturated carbocycles. The van der Waals surface area contributed by atoms with E-state index in [1.165, 1.54) is 13.8 Å². The first kappa shape index (κ1) is 51.5. The molecule has 18 heteroatoms. The van der Waals surface area contributed by atoms with E-state index < -0.39 is 114 Å². The molecule has 9 atom stereocenters. The van der Waals surface area contributed by atoms with Crippen LogP contribution in [-0.4, -0.2) is 119 Å². The Morgan fingerprint density at radius 2 is 1.11 bits per heavy atom. The van der Waals surface area contributed by atoms with Crippen LogP contribution < -0.4 is 37.2 Å². The second kappa shape index (κ2) is 24.7. The summed E-state index contributed by atoms with van der Waals surface area (Å²) in [5, 5.41) is 39.0. The minimum atomic E-state index is -1.79. The van der Waals surface area contributed by atoms with Gasteiger partial charge in [-0.05, 0) is 49.7 Å². The lowest BCUT2D eigenvalue weighted by Gasteiger charge is -2.30. The summed E-state index contributed by atoms with van der Waals surface area (Å²) in [6, 6.07) is 7.22. The van der Waals surface area contributed by atoms with Crippen LogP contribution >= 0.6 is 0 Å². The molecule has 63 heavy (non-hydrogen) atoms. The molecule has 1 fully saturated rings. The molecule has 0 aromatic heterocycles. The zero-order valence-electron chi connectivity index (χ0n) is 37.3. The van der Waals surface area contributed by atoms with Gasteiger partial charge < -0.3 is 52.2 Å². The van der Waals surface area contributed by atoms with Crippen molar-refractivity contribution in [3.63, 3.8) is 0 Å². The Hall–Kier alpha value is -5.88. The van der Waals surface area contributed by atoms with Gasteiger partial charge in [-0.2, -0.15) is 0 Å².